The highest BCUT2D eigenvalue weighted by atomic mass is 27.0. The van der Waals surface area contributed by atoms with Crippen LogP contribution in [0.2, 0.25) is 0 Å². The van der Waals surface area contributed by atoms with Gasteiger partial charge in [-0.1, -0.05) is 0 Å². The molecule has 2 amide bonds. The molecule has 0 bridgehead atoms. The van der Waals surface area contributed by atoms with Crippen LogP contribution in [0.5, 0.6) is 0 Å². The minimum absolute atomic E-state index is 0. The van der Waals surface area contributed by atoms with Crippen LogP contribution in [-0.4, -0.2) is 45.9 Å². The molecule has 1 saturated heterocycles. The summed E-state index contributed by atoms with van der Waals surface area (Å²) < 4.78 is 0. The molecular formula is C5H10AlNO3. The summed E-state index contributed by atoms with van der Waals surface area (Å²) in [5.74, 6) is -0.275. The number of amides is 2. The number of rotatable bonds is 0. The molecule has 1 N–H and O–H groups in total. The molecule has 0 unspecified atom stereocenters. The molecule has 1 aliphatic rings. The van der Waals surface area contributed by atoms with E-state index in [1.807, 2.05) is 0 Å². The number of carbonyl (C=O) groups excluding carboxylic acids is 1. The maximum Gasteiger partial charge on any atom is 0.414 e. The maximum absolute atomic E-state index is 10.6. The molecule has 0 aromatic heterocycles. The normalized spacial score (nSPS) is 16.8. The first-order chi connectivity index (χ1) is 4.22. The zero-order valence-electron chi connectivity index (χ0n) is 4.83. The van der Waals surface area contributed by atoms with E-state index < -0.39 is 6.09 Å². The number of carboxylic acid groups (broad SMARTS) is 1. The highest BCUT2D eigenvalue weighted by Crippen LogP contribution is 2.08. The van der Waals surface area contributed by atoms with Crippen molar-refractivity contribution in [3.8, 4) is 0 Å². The van der Waals surface area contributed by atoms with Gasteiger partial charge in [-0.3, -0.25) is 4.79 Å². The molecule has 1 heterocycles. The van der Waals surface area contributed by atoms with Gasteiger partial charge in [0.25, 0.3) is 0 Å². The topological polar surface area (TPSA) is 57.6 Å². The third kappa shape index (κ3) is 1.72. The van der Waals surface area contributed by atoms with E-state index >= 15 is 0 Å². The molecular weight excluding hydrogens is 149 g/mol. The van der Waals surface area contributed by atoms with E-state index in [1.165, 1.54) is 0 Å². The van der Waals surface area contributed by atoms with Gasteiger partial charge in [-0.15, -0.1) is 0 Å². The molecule has 10 heavy (non-hydrogen) atoms. The zero-order chi connectivity index (χ0) is 6.85. The maximum atomic E-state index is 10.6. The molecule has 0 atom stereocenters. The predicted octanol–water partition coefficient (Wildman–Crippen LogP) is -0.897. The van der Waals surface area contributed by atoms with Crippen LogP contribution in [0.25, 0.3) is 0 Å². The second-order valence-corrected chi connectivity index (χ2v) is 1.93. The fourth-order valence-electron chi connectivity index (χ4n) is 0.850. The van der Waals surface area contributed by atoms with Gasteiger partial charge in [-0.05, 0) is 6.42 Å². The van der Waals surface area contributed by atoms with Crippen LogP contribution in [0.4, 0.5) is 4.79 Å². The highest BCUT2D eigenvalue weighted by molar-refractivity contribution is 5.92. The lowest BCUT2D eigenvalue weighted by atomic mass is 10.4. The Balaban J connectivity index is 0.000000810. The Morgan fingerprint density at radius 1 is 1.60 bits per heavy atom. The number of carbonyl (C=O) groups is 2. The fraction of sp³-hybridized carbons (Fsp3) is 0.600. The molecule has 0 aromatic rings. The number of hydrogen-bond acceptors (Lipinski definition) is 2. The number of likely N-dealkylation sites (tertiary alicyclic amines) is 1. The zero-order valence-corrected chi connectivity index (χ0v) is 4.83. The Labute approximate surface area is 68.9 Å². The van der Waals surface area contributed by atoms with Crippen molar-refractivity contribution in [1.29, 1.82) is 0 Å². The van der Waals surface area contributed by atoms with Gasteiger partial charge >= 0.3 is 6.09 Å². The Bertz CT molecular complexity index is 159. The first kappa shape index (κ1) is 9.47. The molecule has 0 saturated carbocycles. The van der Waals surface area contributed by atoms with Gasteiger partial charge in [-0.25, -0.2) is 9.69 Å². The summed E-state index contributed by atoms with van der Waals surface area (Å²) in [5.41, 5.74) is 0. The largest absolute Gasteiger partial charge is 0.465 e. The molecule has 4 nitrogen and oxygen atoms in total. The summed E-state index contributed by atoms with van der Waals surface area (Å²) in [7, 11) is 0. The first-order valence-corrected chi connectivity index (χ1v) is 2.75. The van der Waals surface area contributed by atoms with E-state index in [1.54, 1.807) is 0 Å². The van der Waals surface area contributed by atoms with Crippen molar-refractivity contribution in [1.82, 2.24) is 4.90 Å². The quantitative estimate of drug-likeness (QED) is 0.466. The van der Waals surface area contributed by atoms with Crippen molar-refractivity contribution < 1.29 is 14.7 Å². The predicted molar refractivity (Wildman–Crippen MR) is 38.9 cm³/mol. The van der Waals surface area contributed by atoms with Crippen molar-refractivity contribution in [3.63, 3.8) is 0 Å². The monoisotopic (exact) mass is 159 g/mol. The summed E-state index contributed by atoms with van der Waals surface area (Å²) in [5, 5.41) is 8.29. The van der Waals surface area contributed by atoms with Gasteiger partial charge in [0.15, 0.2) is 17.4 Å². The minimum atomic E-state index is -1.13. The second-order valence-electron chi connectivity index (χ2n) is 1.93. The van der Waals surface area contributed by atoms with E-state index in [0.717, 1.165) is 4.90 Å². The lowest BCUT2D eigenvalue weighted by molar-refractivity contribution is -0.125. The van der Waals surface area contributed by atoms with E-state index in [2.05, 4.69) is 0 Å². The SMILES string of the molecule is O=C(O)N1CCCC1=O.[AlH3]. The van der Waals surface area contributed by atoms with E-state index in [4.69, 9.17) is 5.11 Å². The van der Waals surface area contributed by atoms with Gasteiger partial charge in [0, 0.05) is 13.0 Å². The summed E-state index contributed by atoms with van der Waals surface area (Å²) in [6.07, 6.45) is -0.0743. The molecule has 1 rings (SSSR count). The van der Waals surface area contributed by atoms with Crippen LogP contribution in [0.15, 0.2) is 0 Å². The van der Waals surface area contributed by atoms with Gasteiger partial charge in [0.05, 0.1) is 0 Å². The van der Waals surface area contributed by atoms with Gasteiger partial charge in [-0.2, -0.15) is 0 Å². The average molecular weight is 159 g/mol. The molecule has 0 radical (unpaired) electrons. The van der Waals surface area contributed by atoms with Crippen molar-refractivity contribution in [2.45, 2.75) is 12.8 Å². The lowest BCUT2D eigenvalue weighted by Gasteiger charge is -2.05. The first-order valence-electron chi connectivity index (χ1n) is 2.75. The summed E-state index contributed by atoms with van der Waals surface area (Å²) in [4.78, 5) is 21.5. The molecule has 0 aromatic carbocycles. The summed E-state index contributed by atoms with van der Waals surface area (Å²) >= 11 is 0. The van der Waals surface area contributed by atoms with Crippen LogP contribution < -0.4 is 0 Å². The standard InChI is InChI=1S/C5H7NO3.Al.3H/c7-4-2-1-3-6(4)5(8)9;;;;/h1-3H2,(H,8,9);;;;. The molecule has 0 aliphatic carbocycles. The Kier molecular flexibility index (Phi) is 3.40. The molecule has 1 aliphatic heterocycles. The Morgan fingerprint density at radius 3 is 2.40 bits per heavy atom. The van der Waals surface area contributed by atoms with E-state index in [9.17, 15) is 9.59 Å². The van der Waals surface area contributed by atoms with Gasteiger partial charge in [0.2, 0.25) is 5.91 Å². The summed E-state index contributed by atoms with van der Waals surface area (Å²) in [6, 6.07) is 0. The number of hydrogen-bond donors (Lipinski definition) is 1. The van der Waals surface area contributed by atoms with Crippen LogP contribution in [-0.2, 0) is 4.79 Å². The Hall–Kier alpha value is -0.528. The third-order valence-corrected chi connectivity index (χ3v) is 1.30. The fourth-order valence-corrected chi connectivity index (χ4v) is 0.850. The summed E-state index contributed by atoms with van der Waals surface area (Å²) in [6.45, 7) is 0.369. The third-order valence-electron chi connectivity index (χ3n) is 1.30. The van der Waals surface area contributed by atoms with E-state index in [0.29, 0.717) is 19.4 Å². The van der Waals surface area contributed by atoms with Crippen molar-refractivity contribution in [3.05, 3.63) is 0 Å². The number of nitrogens with zero attached hydrogens (tertiary/aromatic N) is 1. The van der Waals surface area contributed by atoms with Gasteiger partial charge in [0.1, 0.15) is 0 Å². The lowest BCUT2D eigenvalue weighted by Crippen LogP contribution is -2.29. The average Bonchev–Trinajstić information content (AvgIpc) is 2.13. The van der Waals surface area contributed by atoms with Crippen molar-refractivity contribution >= 4 is 29.4 Å². The molecule has 56 valence electrons. The van der Waals surface area contributed by atoms with E-state index in [-0.39, 0.29) is 23.3 Å². The second kappa shape index (κ2) is 3.59. The minimum Gasteiger partial charge on any atom is -0.465 e. The molecule has 5 heteroatoms. The highest BCUT2D eigenvalue weighted by Gasteiger charge is 2.25. The smallest absolute Gasteiger partial charge is 0.414 e. The number of imide groups is 1. The Morgan fingerprint density at radius 2 is 2.20 bits per heavy atom. The molecule has 0 spiro atoms. The van der Waals surface area contributed by atoms with Crippen molar-refractivity contribution in [2.24, 2.45) is 0 Å². The van der Waals surface area contributed by atoms with Crippen LogP contribution in [0.1, 0.15) is 12.8 Å². The van der Waals surface area contributed by atoms with Crippen LogP contribution in [0.3, 0.4) is 0 Å². The molecule has 1 fully saturated rings. The van der Waals surface area contributed by atoms with Gasteiger partial charge < -0.3 is 5.11 Å². The van der Waals surface area contributed by atoms with Crippen LogP contribution in [0, 0.1) is 0 Å². The van der Waals surface area contributed by atoms with Crippen molar-refractivity contribution in [2.75, 3.05) is 6.54 Å². The van der Waals surface area contributed by atoms with Crippen LogP contribution >= 0.6 is 0 Å².